The molecule has 1 saturated heterocycles. The Hall–Kier alpha value is -2.01. The molecule has 0 aliphatic carbocycles. The quantitative estimate of drug-likeness (QED) is 0.870. The van der Waals surface area contributed by atoms with Crippen molar-refractivity contribution in [2.75, 3.05) is 13.2 Å². The zero-order chi connectivity index (χ0) is 14.8. The summed E-state index contributed by atoms with van der Waals surface area (Å²) in [5.41, 5.74) is 1.36. The third-order valence-electron chi connectivity index (χ3n) is 3.58. The zero-order valence-corrected chi connectivity index (χ0v) is 12.1. The van der Waals surface area contributed by atoms with Crippen LogP contribution in [0.4, 0.5) is 0 Å². The molecule has 6 heteroatoms. The zero-order valence-electron chi connectivity index (χ0n) is 11.3. The lowest BCUT2D eigenvalue weighted by atomic mass is 10.0. The van der Waals surface area contributed by atoms with Crippen molar-refractivity contribution in [3.63, 3.8) is 0 Å². The second kappa shape index (κ2) is 5.77. The Morgan fingerprint density at radius 2 is 2.29 bits per heavy atom. The summed E-state index contributed by atoms with van der Waals surface area (Å²) in [5.74, 6) is 0.590. The highest BCUT2D eigenvalue weighted by Crippen LogP contribution is 2.29. The Labute approximate surface area is 127 Å². The maximum absolute atomic E-state index is 12.2. The predicted molar refractivity (Wildman–Crippen MR) is 79.1 cm³/mol. The molecule has 1 unspecified atom stereocenters. The number of rotatable bonds is 2. The average Bonchev–Trinajstić information content (AvgIpc) is 2.48. The van der Waals surface area contributed by atoms with Crippen LogP contribution in [0.5, 0.6) is 5.75 Å². The van der Waals surface area contributed by atoms with Crippen molar-refractivity contribution in [3.05, 3.63) is 34.4 Å². The smallest absolute Gasteiger partial charge is 0.250 e. The number of nitrogens with one attached hydrogen (secondary N) is 2. The fourth-order valence-electron chi connectivity index (χ4n) is 2.41. The Balaban J connectivity index is 1.69. The van der Waals surface area contributed by atoms with E-state index < -0.39 is 0 Å². The first-order valence-corrected chi connectivity index (χ1v) is 7.20. The van der Waals surface area contributed by atoms with Crippen LogP contribution < -0.4 is 15.4 Å². The topological polar surface area (TPSA) is 67.4 Å². The monoisotopic (exact) mass is 306 g/mol. The van der Waals surface area contributed by atoms with Crippen LogP contribution >= 0.6 is 11.6 Å². The molecule has 2 aliphatic heterocycles. The van der Waals surface area contributed by atoms with Crippen molar-refractivity contribution in [1.29, 1.82) is 0 Å². The number of fused-ring (bicyclic) bond motifs is 1. The molecule has 1 aromatic carbocycles. The number of benzene rings is 1. The molecule has 0 aromatic heterocycles. The molecular formula is C15H15ClN2O3. The van der Waals surface area contributed by atoms with E-state index in [0.29, 0.717) is 30.0 Å². The van der Waals surface area contributed by atoms with Gasteiger partial charge in [-0.05, 0) is 30.7 Å². The van der Waals surface area contributed by atoms with Gasteiger partial charge in [-0.1, -0.05) is 11.6 Å². The molecule has 110 valence electrons. The van der Waals surface area contributed by atoms with Crippen molar-refractivity contribution < 1.29 is 14.3 Å². The number of hydrogen-bond acceptors (Lipinski definition) is 3. The highest BCUT2D eigenvalue weighted by atomic mass is 35.5. The third kappa shape index (κ3) is 3.19. The van der Waals surface area contributed by atoms with Gasteiger partial charge in [0.15, 0.2) is 0 Å². The number of halogens is 1. The predicted octanol–water partition coefficient (Wildman–Crippen LogP) is 1.51. The summed E-state index contributed by atoms with van der Waals surface area (Å²) in [4.78, 5) is 23.3. The van der Waals surface area contributed by atoms with Crippen LogP contribution in [0.2, 0.25) is 5.02 Å². The lowest BCUT2D eigenvalue weighted by molar-refractivity contribution is -0.124. The summed E-state index contributed by atoms with van der Waals surface area (Å²) in [7, 11) is 0. The normalized spacial score (nSPS) is 20.7. The molecule has 1 atom stereocenters. The highest BCUT2D eigenvalue weighted by molar-refractivity contribution is 6.30. The molecule has 2 aliphatic rings. The number of carbonyl (C=O) groups excluding carboxylic acids is 2. The van der Waals surface area contributed by atoms with Crippen molar-refractivity contribution in [1.82, 2.24) is 10.6 Å². The fraction of sp³-hybridized carbons (Fsp3) is 0.333. The van der Waals surface area contributed by atoms with Gasteiger partial charge in [-0.2, -0.15) is 0 Å². The molecule has 5 nitrogen and oxygen atoms in total. The van der Waals surface area contributed by atoms with E-state index in [-0.39, 0.29) is 24.5 Å². The van der Waals surface area contributed by atoms with Crippen molar-refractivity contribution >= 4 is 29.5 Å². The van der Waals surface area contributed by atoms with Gasteiger partial charge in [0.2, 0.25) is 5.91 Å². The van der Waals surface area contributed by atoms with E-state index in [2.05, 4.69) is 10.6 Å². The Kier molecular flexibility index (Phi) is 3.84. The Morgan fingerprint density at radius 1 is 1.43 bits per heavy atom. The molecule has 1 aromatic rings. The van der Waals surface area contributed by atoms with E-state index >= 15 is 0 Å². The molecule has 1 fully saturated rings. The summed E-state index contributed by atoms with van der Waals surface area (Å²) in [6, 6.07) is 5.28. The van der Waals surface area contributed by atoms with Gasteiger partial charge in [-0.25, -0.2) is 0 Å². The lowest BCUT2D eigenvalue weighted by Crippen LogP contribution is -2.48. The van der Waals surface area contributed by atoms with E-state index in [9.17, 15) is 9.59 Å². The van der Waals surface area contributed by atoms with Gasteiger partial charge in [0, 0.05) is 29.6 Å². The minimum absolute atomic E-state index is 0.0307. The Morgan fingerprint density at radius 3 is 3.05 bits per heavy atom. The molecule has 0 bridgehead atoms. The van der Waals surface area contributed by atoms with Gasteiger partial charge in [-0.3, -0.25) is 9.59 Å². The standard InChI is InChI=1S/C15H15ClN2O3/c16-11-1-3-13-9(6-11)5-10(8-21-13)15(20)18-12-2-4-14(19)17-7-12/h1,3,5-6,12H,2,4,7-8H2,(H,17,19)(H,18,20). The summed E-state index contributed by atoms with van der Waals surface area (Å²) in [6.45, 7) is 0.709. The van der Waals surface area contributed by atoms with E-state index in [4.69, 9.17) is 16.3 Å². The second-order valence-electron chi connectivity index (χ2n) is 5.15. The first kappa shape index (κ1) is 13.9. The van der Waals surface area contributed by atoms with Gasteiger partial charge >= 0.3 is 0 Å². The molecule has 21 heavy (non-hydrogen) atoms. The molecule has 0 spiro atoms. The number of hydrogen-bond donors (Lipinski definition) is 2. The summed E-state index contributed by atoms with van der Waals surface area (Å²) < 4.78 is 5.56. The molecule has 3 rings (SSSR count). The Bertz CT molecular complexity index is 617. The van der Waals surface area contributed by atoms with E-state index in [0.717, 1.165) is 11.3 Å². The number of carbonyl (C=O) groups is 2. The van der Waals surface area contributed by atoms with Crippen LogP contribution in [0.15, 0.2) is 23.8 Å². The second-order valence-corrected chi connectivity index (χ2v) is 5.59. The third-order valence-corrected chi connectivity index (χ3v) is 3.81. The fourth-order valence-corrected chi connectivity index (χ4v) is 2.59. The van der Waals surface area contributed by atoms with Gasteiger partial charge in [-0.15, -0.1) is 0 Å². The maximum Gasteiger partial charge on any atom is 0.250 e. The summed E-state index contributed by atoms with van der Waals surface area (Å²) in [5, 5.41) is 6.26. The molecule has 0 saturated carbocycles. The van der Waals surface area contributed by atoms with Crippen LogP contribution in [-0.4, -0.2) is 31.0 Å². The number of amides is 2. The van der Waals surface area contributed by atoms with Crippen LogP contribution in [0.3, 0.4) is 0 Å². The summed E-state index contributed by atoms with van der Waals surface area (Å²) >= 11 is 5.95. The van der Waals surface area contributed by atoms with Gasteiger partial charge in [0.05, 0.1) is 5.57 Å². The van der Waals surface area contributed by atoms with Crippen molar-refractivity contribution in [2.24, 2.45) is 0 Å². The first-order valence-electron chi connectivity index (χ1n) is 6.82. The first-order chi connectivity index (χ1) is 10.1. The van der Waals surface area contributed by atoms with E-state index in [1.165, 1.54) is 0 Å². The molecule has 2 N–H and O–H groups in total. The van der Waals surface area contributed by atoms with E-state index in [1.54, 1.807) is 24.3 Å². The van der Waals surface area contributed by atoms with Gasteiger partial charge in [0.1, 0.15) is 12.4 Å². The van der Waals surface area contributed by atoms with Gasteiger partial charge < -0.3 is 15.4 Å². The van der Waals surface area contributed by atoms with Crippen LogP contribution in [0.25, 0.3) is 6.08 Å². The maximum atomic E-state index is 12.2. The van der Waals surface area contributed by atoms with E-state index in [1.807, 2.05) is 0 Å². The molecule has 2 amide bonds. The minimum atomic E-state index is -0.165. The van der Waals surface area contributed by atoms with Crippen molar-refractivity contribution in [2.45, 2.75) is 18.9 Å². The summed E-state index contributed by atoms with van der Waals surface area (Å²) in [6.07, 6.45) is 2.90. The van der Waals surface area contributed by atoms with Crippen LogP contribution in [0, 0.1) is 0 Å². The van der Waals surface area contributed by atoms with Crippen LogP contribution in [0.1, 0.15) is 18.4 Å². The molecule has 2 heterocycles. The van der Waals surface area contributed by atoms with Crippen LogP contribution in [-0.2, 0) is 9.59 Å². The molecule has 0 radical (unpaired) electrons. The van der Waals surface area contributed by atoms with Gasteiger partial charge in [0.25, 0.3) is 5.91 Å². The SMILES string of the molecule is O=C1CCC(NC(=O)C2=Cc3cc(Cl)ccc3OC2)CN1. The minimum Gasteiger partial charge on any atom is -0.488 e. The molecular weight excluding hydrogens is 292 g/mol. The average molecular weight is 307 g/mol. The largest absolute Gasteiger partial charge is 0.488 e. The van der Waals surface area contributed by atoms with Crippen molar-refractivity contribution in [3.8, 4) is 5.75 Å². The lowest BCUT2D eigenvalue weighted by Gasteiger charge is -2.25. The number of ether oxygens (including phenoxy) is 1. The number of piperidine rings is 1. The highest BCUT2D eigenvalue weighted by Gasteiger charge is 2.23.